The number of carbonyl (C=O) groups excluding carboxylic acids is 2. The summed E-state index contributed by atoms with van der Waals surface area (Å²) in [6, 6.07) is 14.5. The maximum Gasteiger partial charge on any atom is 0.285 e. The Kier molecular flexibility index (Phi) is 6.39. The third kappa shape index (κ3) is 4.92. The molecule has 1 heterocycles. The first-order valence-corrected chi connectivity index (χ1v) is 10.4. The lowest BCUT2D eigenvalue weighted by molar-refractivity contribution is 0.103. The van der Waals surface area contributed by atoms with Crippen molar-refractivity contribution >= 4 is 51.5 Å². The molecule has 1 aromatic heterocycles. The molecule has 2 aromatic carbocycles. The van der Waals surface area contributed by atoms with Gasteiger partial charge >= 0.3 is 0 Å². The molecule has 3 rings (SSSR count). The smallest absolute Gasteiger partial charge is 0.285 e. The summed E-state index contributed by atoms with van der Waals surface area (Å²) in [4.78, 5) is 31.8. The molecule has 0 spiro atoms. The minimum absolute atomic E-state index is 0.0493. The minimum atomic E-state index is -0.208. The lowest BCUT2D eigenvalue weighted by Crippen LogP contribution is -2.16. The highest BCUT2D eigenvalue weighted by Crippen LogP contribution is 2.29. The Bertz CT molecular complexity index is 999. The Morgan fingerprint density at radius 2 is 1.71 bits per heavy atom. The molecule has 0 aliphatic carbocycles. The number of aromatic nitrogens is 1. The second kappa shape index (κ2) is 8.77. The first kappa shape index (κ1) is 20.4. The number of thiazole rings is 1. The molecule has 0 aliphatic rings. The zero-order valence-corrected chi connectivity index (χ0v) is 17.9. The summed E-state index contributed by atoms with van der Waals surface area (Å²) in [6.45, 7) is 1.82. The van der Waals surface area contributed by atoms with E-state index in [1.807, 2.05) is 19.1 Å². The predicted octanol–water partition coefficient (Wildman–Crippen LogP) is 5.80. The van der Waals surface area contributed by atoms with Gasteiger partial charge in [-0.2, -0.15) is 0 Å². The van der Waals surface area contributed by atoms with Gasteiger partial charge < -0.3 is 10.2 Å². The average Bonchev–Trinajstić information content (AvgIpc) is 3.05. The lowest BCUT2D eigenvalue weighted by Gasteiger charge is -2.09. The maximum atomic E-state index is 12.7. The molecule has 144 valence electrons. The molecule has 5 nitrogen and oxygen atoms in total. The molecule has 0 saturated heterocycles. The number of hydrogen-bond acceptors (Lipinski definition) is 5. The van der Waals surface area contributed by atoms with E-state index in [1.165, 1.54) is 16.2 Å². The van der Waals surface area contributed by atoms with E-state index in [0.29, 0.717) is 21.3 Å². The normalized spacial score (nSPS) is 10.6. The predicted molar refractivity (Wildman–Crippen MR) is 117 cm³/mol. The number of rotatable bonds is 4. The van der Waals surface area contributed by atoms with E-state index in [-0.39, 0.29) is 11.1 Å². The Labute approximate surface area is 176 Å². The van der Waals surface area contributed by atoms with Crippen LogP contribution in [0.25, 0.3) is 10.6 Å². The van der Waals surface area contributed by atoms with Crippen LogP contribution in [0, 0.1) is 6.92 Å². The second-order valence-electron chi connectivity index (χ2n) is 6.18. The van der Waals surface area contributed by atoms with Crippen molar-refractivity contribution in [2.24, 2.45) is 0 Å². The fraction of sp³-hybridized carbons (Fsp3) is 0.150. The Balaban J connectivity index is 1.71. The molecular formula is C20H18ClN3O2S2. The van der Waals surface area contributed by atoms with Gasteiger partial charge in [-0.05, 0) is 55.1 Å². The first-order chi connectivity index (χ1) is 13.3. The quantitative estimate of drug-likeness (QED) is 0.530. The molecule has 0 aliphatic heterocycles. The third-order valence-electron chi connectivity index (χ3n) is 3.78. The van der Waals surface area contributed by atoms with E-state index in [2.05, 4.69) is 10.3 Å². The number of nitrogens with one attached hydrogen (secondary N) is 1. The van der Waals surface area contributed by atoms with Crippen molar-refractivity contribution < 1.29 is 9.59 Å². The Morgan fingerprint density at radius 3 is 2.32 bits per heavy atom. The molecular weight excluding hydrogens is 414 g/mol. The average molecular weight is 432 g/mol. The van der Waals surface area contributed by atoms with Crippen LogP contribution < -0.4 is 5.32 Å². The summed E-state index contributed by atoms with van der Waals surface area (Å²) < 4.78 is 0. The number of amides is 2. The number of hydrogen-bond donors (Lipinski definition) is 1. The molecule has 1 N–H and O–H groups in total. The maximum absolute atomic E-state index is 12.7. The van der Waals surface area contributed by atoms with Crippen LogP contribution in [0.1, 0.15) is 15.4 Å². The molecule has 3 aromatic rings. The second-order valence-corrected chi connectivity index (χ2v) is 8.64. The Hall–Kier alpha value is -2.35. The van der Waals surface area contributed by atoms with Gasteiger partial charge in [0, 0.05) is 35.3 Å². The number of thioether (sulfide) groups is 1. The van der Waals surface area contributed by atoms with E-state index in [1.54, 1.807) is 50.5 Å². The SMILES string of the molecule is Cc1nc(-c2ccc(Cl)cc2)sc1C(=O)Nc1ccc(SC(=O)N(C)C)cc1. The van der Waals surface area contributed by atoms with Gasteiger partial charge in [-0.1, -0.05) is 23.7 Å². The molecule has 0 fully saturated rings. The summed E-state index contributed by atoms with van der Waals surface area (Å²) in [6.07, 6.45) is 0. The van der Waals surface area contributed by atoms with Crippen LogP contribution in [0.3, 0.4) is 0 Å². The van der Waals surface area contributed by atoms with Crippen LogP contribution in [-0.2, 0) is 0 Å². The number of carbonyl (C=O) groups is 2. The van der Waals surface area contributed by atoms with Crippen molar-refractivity contribution in [1.29, 1.82) is 0 Å². The summed E-state index contributed by atoms with van der Waals surface area (Å²) in [5.74, 6) is -0.208. The van der Waals surface area contributed by atoms with Crippen molar-refractivity contribution in [2.75, 3.05) is 19.4 Å². The minimum Gasteiger partial charge on any atom is -0.339 e. The highest BCUT2D eigenvalue weighted by atomic mass is 35.5. The zero-order valence-electron chi connectivity index (χ0n) is 15.5. The van der Waals surface area contributed by atoms with E-state index in [0.717, 1.165) is 27.2 Å². The summed E-state index contributed by atoms with van der Waals surface area (Å²) in [5.41, 5.74) is 2.26. The fourth-order valence-electron chi connectivity index (χ4n) is 2.31. The van der Waals surface area contributed by atoms with Crippen molar-refractivity contribution in [1.82, 2.24) is 9.88 Å². The van der Waals surface area contributed by atoms with Gasteiger partial charge in [0.1, 0.15) is 9.88 Å². The van der Waals surface area contributed by atoms with E-state index < -0.39 is 0 Å². The van der Waals surface area contributed by atoms with E-state index >= 15 is 0 Å². The van der Waals surface area contributed by atoms with Crippen LogP contribution in [-0.4, -0.2) is 35.1 Å². The highest BCUT2D eigenvalue weighted by molar-refractivity contribution is 8.13. The van der Waals surface area contributed by atoms with Crippen LogP contribution in [0.15, 0.2) is 53.4 Å². The third-order valence-corrected chi connectivity index (χ3v) is 6.28. The van der Waals surface area contributed by atoms with Crippen molar-refractivity contribution in [3.8, 4) is 10.6 Å². The standard InChI is InChI=1S/C20H18ClN3O2S2/c1-12-17(28-19(22-12)13-4-6-14(21)7-5-13)18(25)23-15-8-10-16(11-9-15)27-20(26)24(2)3/h4-11H,1-3H3,(H,23,25). The Morgan fingerprint density at radius 1 is 1.07 bits per heavy atom. The van der Waals surface area contributed by atoms with Gasteiger partial charge in [0.25, 0.3) is 11.1 Å². The molecule has 0 atom stereocenters. The van der Waals surface area contributed by atoms with Gasteiger partial charge in [-0.25, -0.2) is 4.98 Å². The van der Waals surface area contributed by atoms with Crippen molar-refractivity contribution in [3.05, 3.63) is 64.1 Å². The zero-order chi connectivity index (χ0) is 20.3. The monoisotopic (exact) mass is 431 g/mol. The lowest BCUT2D eigenvalue weighted by atomic mass is 10.2. The van der Waals surface area contributed by atoms with E-state index in [9.17, 15) is 9.59 Å². The van der Waals surface area contributed by atoms with Crippen molar-refractivity contribution in [2.45, 2.75) is 11.8 Å². The van der Waals surface area contributed by atoms with Crippen molar-refractivity contribution in [3.63, 3.8) is 0 Å². The number of halogens is 1. The first-order valence-electron chi connectivity index (χ1n) is 8.37. The summed E-state index contributed by atoms with van der Waals surface area (Å²) in [5, 5.41) is 4.26. The summed E-state index contributed by atoms with van der Waals surface area (Å²) >= 11 is 8.40. The highest BCUT2D eigenvalue weighted by Gasteiger charge is 2.16. The number of anilines is 1. The fourth-order valence-corrected chi connectivity index (χ4v) is 4.06. The molecule has 28 heavy (non-hydrogen) atoms. The van der Waals surface area contributed by atoms with Gasteiger partial charge in [-0.3, -0.25) is 9.59 Å². The van der Waals surface area contributed by atoms with Crippen LogP contribution in [0.5, 0.6) is 0 Å². The van der Waals surface area contributed by atoms with Gasteiger partial charge in [0.15, 0.2) is 0 Å². The van der Waals surface area contributed by atoms with Gasteiger partial charge in [0.05, 0.1) is 5.69 Å². The largest absolute Gasteiger partial charge is 0.339 e. The van der Waals surface area contributed by atoms with Gasteiger partial charge in [-0.15, -0.1) is 11.3 Å². The van der Waals surface area contributed by atoms with Crippen LogP contribution in [0.2, 0.25) is 5.02 Å². The van der Waals surface area contributed by atoms with Crippen LogP contribution >= 0.6 is 34.7 Å². The summed E-state index contributed by atoms with van der Waals surface area (Å²) in [7, 11) is 3.42. The van der Waals surface area contributed by atoms with Gasteiger partial charge in [0.2, 0.25) is 0 Å². The van der Waals surface area contributed by atoms with E-state index in [4.69, 9.17) is 11.6 Å². The number of nitrogens with zero attached hydrogens (tertiary/aromatic N) is 2. The number of aryl methyl sites for hydroxylation is 1. The molecule has 8 heteroatoms. The number of benzene rings is 2. The molecule has 0 bridgehead atoms. The molecule has 0 saturated carbocycles. The molecule has 2 amide bonds. The topological polar surface area (TPSA) is 62.3 Å². The molecule has 0 radical (unpaired) electrons. The molecule has 0 unspecified atom stereocenters. The van der Waals surface area contributed by atoms with Crippen LogP contribution in [0.4, 0.5) is 10.5 Å².